The summed E-state index contributed by atoms with van der Waals surface area (Å²) >= 11 is 0. The largest absolute Gasteiger partial charge is 0.496 e. The SMILES string of the molecule is CCC1CCC[C@H]2[C@@H]3CCc4c[c]c(OC)cc4[C@H]3CC[C@]12C. The maximum Gasteiger partial charge on any atom is 0.127 e. The summed E-state index contributed by atoms with van der Waals surface area (Å²) in [6.45, 7) is 5.05. The van der Waals surface area contributed by atoms with Crippen molar-refractivity contribution in [1.29, 1.82) is 0 Å². The van der Waals surface area contributed by atoms with Gasteiger partial charge in [0.25, 0.3) is 0 Å². The van der Waals surface area contributed by atoms with E-state index in [1.807, 2.05) is 0 Å². The Balaban J connectivity index is 1.68. The van der Waals surface area contributed by atoms with Crippen LogP contribution in [-0.2, 0) is 6.42 Å². The highest BCUT2D eigenvalue weighted by atomic mass is 16.5. The molecule has 5 atom stereocenters. The smallest absolute Gasteiger partial charge is 0.127 e. The lowest BCUT2D eigenvalue weighted by Crippen LogP contribution is -2.48. The van der Waals surface area contributed by atoms with Gasteiger partial charge in [0.1, 0.15) is 5.75 Å². The first-order valence-corrected chi connectivity index (χ1v) is 9.76. The Labute approximate surface area is 141 Å². The van der Waals surface area contributed by atoms with E-state index in [4.69, 9.17) is 4.74 Å². The van der Waals surface area contributed by atoms with Crippen molar-refractivity contribution >= 4 is 0 Å². The summed E-state index contributed by atoms with van der Waals surface area (Å²) in [7, 11) is 1.77. The number of aryl methyl sites for hydroxylation is 1. The molecule has 23 heavy (non-hydrogen) atoms. The molecule has 0 bridgehead atoms. The molecule has 0 amide bonds. The van der Waals surface area contributed by atoms with Gasteiger partial charge in [-0.05, 0) is 90.9 Å². The molecule has 1 aromatic rings. The number of benzene rings is 1. The number of hydrogen-bond acceptors (Lipinski definition) is 1. The molecule has 1 nitrogen and oxygen atoms in total. The van der Waals surface area contributed by atoms with Gasteiger partial charge in [-0.3, -0.25) is 0 Å². The topological polar surface area (TPSA) is 9.23 Å². The molecule has 0 spiro atoms. The number of fused-ring (bicyclic) bond motifs is 5. The van der Waals surface area contributed by atoms with Gasteiger partial charge in [0, 0.05) is 6.07 Å². The molecule has 0 N–H and O–H groups in total. The van der Waals surface area contributed by atoms with Crippen molar-refractivity contribution in [2.45, 2.75) is 71.1 Å². The van der Waals surface area contributed by atoms with Gasteiger partial charge in [-0.1, -0.05) is 26.7 Å². The summed E-state index contributed by atoms with van der Waals surface area (Å²) in [6, 6.07) is 7.80. The molecule has 0 heterocycles. The Morgan fingerprint density at radius 2 is 2.13 bits per heavy atom. The summed E-state index contributed by atoms with van der Waals surface area (Å²) < 4.78 is 5.47. The minimum absolute atomic E-state index is 0.608. The number of ether oxygens (including phenoxy) is 1. The number of hydrogen-bond donors (Lipinski definition) is 0. The molecule has 125 valence electrons. The van der Waals surface area contributed by atoms with Crippen molar-refractivity contribution in [2.75, 3.05) is 7.11 Å². The monoisotopic (exact) mass is 311 g/mol. The molecule has 3 aliphatic carbocycles. The van der Waals surface area contributed by atoms with Crippen LogP contribution in [0.4, 0.5) is 0 Å². The van der Waals surface area contributed by atoms with Crippen LogP contribution < -0.4 is 4.74 Å². The van der Waals surface area contributed by atoms with Gasteiger partial charge < -0.3 is 4.74 Å². The van der Waals surface area contributed by atoms with Crippen molar-refractivity contribution < 1.29 is 4.74 Å². The van der Waals surface area contributed by atoms with Gasteiger partial charge in [-0.2, -0.15) is 0 Å². The Kier molecular flexibility index (Phi) is 3.94. The van der Waals surface area contributed by atoms with E-state index in [-0.39, 0.29) is 0 Å². The lowest BCUT2D eigenvalue weighted by atomic mass is 9.47. The molecule has 1 aromatic carbocycles. The van der Waals surface area contributed by atoms with Gasteiger partial charge in [0.2, 0.25) is 0 Å². The third-order valence-corrected chi connectivity index (χ3v) is 7.78. The second kappa shape index (κ2) is 5.83. The highest BCUT2D eigenvalue weighted by Gasteiger charge is 2.52. The quantitative estimate of drug-likeness (QED) is 0.674. The summed E-state index contributed by atoms with van der Waals surface area (Å²) in [5, 5.41) is 0. The zero-order valence-electron chi connectivity index (χ0n) is 15.0. The van der Waals surface area contributed by atoms with Gasteiger partial charge in [0.15, 0.2) is 0 Å². The van der Waals surface area contributed by atoms with E-state index in [0.29, 0.717) is 5.41 Å². The summed E-state index contributed by atoms with van der Waals surface area (Å²) in [5.41, 5.74) is 3.74. The van der Waals surface area contributed by atoms with Crippen molar-refractivity contribution in [3.63, 3.8) is 0 Å². The summed E-state index contributed by atoms with van der Waals surface area (Å²) in [6.07, 6.45) is 11.2. The van der Waals surface area contributed by atoms with Crippen molar-refractivity contribution in [2.24, 2.45) is 23.2 Å². The first-order valence-electron chi connectivity index (χ1n) is 9.76. The molecule has 1 radical (unpaired) electrons. The van der Waals surface area contributed by atoms with E-state index in [1.165, 1.54) is 51.4 Å². The van der Waals surface area contributed by atoms with Crippen LogP contribution in [0.5, 0.6) is 5.75 Å². The Bertz CT molecular complexity index is 577. The van der Waals surface area contributed by atoms with Crippen LogP contribution in [0.3, 0.4) is 0 Å². The highest BCUT2D eigenvalue weighted by Crippen LogP contribution is 2.61. The lowest BCUT2D eigenvalue weighted by Gasteiger charge is -2.57. The first-order chi connectivity index (χ1) is 11.2. The molecule has 1 heteroatoms. The third-order valence-electron chi connectivity index (χ3n) is 7.78. The molecule has 0 aliphatic heterocycles. The van der Waals surface area contributed by atoms with E-state index in [2.05, 4.69) is 32.0 Å². The highest BCUT2D eigenvalue weighted by molar-refractivity contribution is 5.40. The second-order valence-corrected chi connectivity index (χ2v) is 8.48. The van der Waals surface area contributed by atoms with Gasteiger partial charge >= 0.3 is 0 Å². The molecule has 1 unspecified atom stereocenters. The predicted molar refractivity (Wildman–Crippen MR) is 94.8 cm³/mol. The molecule has 2 fully saturated rings. The van der Waals surface area contributed by atoms with E-state index in [0.717, 1.165) is 29.4 Å². The van der Waals surface area contributed by atoms with Crippen LogP contribution in [0.1, 0.15) is 75.8 Å². The van der Waals surface area contributed by atoms with Crippen LogP contribution in [0.25, 0.3) is 0 Å². The van der Waals surface area contributed by atoms with Gasteiger partial charge in [0.05, 0.1) is 7.11 Å². The van der Waals surface area contributed by atoms with Crippen LogP contribution in [0.2, 0.25) is 0 Å². The first kappa shape index (κ1) is 15.5. The average molecular weight is 311 g/mol. The molecule has 0 saturated heterocycles. The van der Waals surface area contributed by atoms with E-state index < -0.39 is 0 Å². The summed E-state index contributed by atoms with van der Waals surface area (Å²) in [5.74, 6) is 4.51. The zero-order valence-corrected chi connectivity index (χ0v) is 15.0. The third kappa shape index (κ3) is 2.34. The standard InChI is InChI=1S/C22H31O/c1-4-16-6-5-7-21-19-11-9-15-8-10-17(23-3)14-20(15)18(19)12-13-22(16,21)2/h8,14,16,18-19,21H,4-7,9,11-13H2,1-3H3/t16?,18-,19+,21-,22+/m0/s1. The normalized spacial score (nSPS) is 39.1. The zero-order chi connectivity index (χ0) is 16.0. The fourth-order valence-corrected chi connectivity index (χ4v) is 6.58. The predicted octanol–water partition coefficient (Wildman–Crippen LogP) is 5.77. The van der Waals surface area contributed by atoms with E-state index in [9.17, 15) is 0 Å². The maximum absolute atomic E-state index is 5.47. The molecular formula is C22H31O. The molecule has 0 aromatic heterocycles. The Hall–Kier alpha value is -0.980. The van der Waals surface area contributed by atoms with Crippen LogP contribution in [-0.4, -0.2) is 7.11 Å². The van der Waals surface area contributed by atoms with E-state index >= 15 is 0 Å². The van der Waals surface area contributed by atoms with Crippen LogP contribution >= 0.6 is 0 Å². The van der Waals surface area contributed by atoms with Crippen molar-refractivity contribution in [3.8, 4) is 5.75 Å². The molecule has 4 rings (SSSR count). The fourth-order valence-electron chi connectivity index (χ4n) is 6.58. The number of rotatable bonds is 2. The van der Waals surface area contributed by atoms with E-state index in [1.54, 1.807) is 18.2 Å². The Morgan fingerprint density at radius 1 is 1.26 bits per heavy atom. The van der Waals surface area contributed by atoms with Crippen molar-refractivity contribution in [1.82, 2.24) is 0 Å². The summed E-state index contributed by atoms with van der Waals surface area (Å²) in [4.78, 5) is 0. The molecular weight excluding hydrogens is 280 g/mol. The maximum atomic E-state index is 5.47. The van der Waals surface area contributed by atoms with Crippen molar-refractivity contribution in [3.05, 3.63) is 29.3 Å². The number of methoxy groups -OCH3 is 1. The van der Waals surface area contributed by atoms with Crippen LogP contribution in [0, 0.1) is 29.2 Å². The van der Waals surface area contributed by atoms with Crippen LogP contribution in [0.15, 0.2) is 12.1 Å². The minimum atomic E-state index is 0.608. The lowest BCUT2D eigenvalue weighted by molar-refractivity contribution is -0.0511. The molecule has 2 saturated carbocycles. The Morgan fingerprint density at radius 3 is 2.91 bits per heavy atom. The second-order valence-electron chi connectivity index (χ2n) is 8.48. The average Bonchev–Trinajstić information content (AvgIpc) is 2.59. The fraction of sp³-hybridized carbons (Fsp3) is 0.727. The van der Waals surface area contributed by atoms with Gasteiger partial charge in [-0.15, -0.1) is 0 Å². The molecule has 3 aliphatic rings. The minimum Gasteiger partial charge on any atom is -0.496 e. The van der Waals surface area contributed by atoms with Gasteiger partial charge in [-0.25, -0.2) is 0 Å².